The summed E-state index contributed by atoms with van der Waals surface area (Å²) in [7, 11) is 0. The Hall–Kier alpha value is -1.97. The summed E-state index contributed by atoms with van der Waals surface area (Å²) in [5, 5.41) is 9.12. The number of nitrogen functional groups attached to an aromatic ring is 1. The average Bonchev–Trinajstić information content (AvgIpc) is 2.63. The van der Waals surface area contributed by atoms with Crippen molar-refractivity contribution in [2.45, 2.75) is 13.0 Å². The van der Waals surface area contributed by atoms with Crippen LogP contribution in [-0.4, -0.2) is 14.7 Å². The first-order valence-electron chi connectivity index (χ1n) is 4.80. The molecule has 3 N–H and O–H groups in total. The molecule has 0 atom stereocenters. The van der Waals surface area contributed by atoms with E-state index in [9.17, 15) is 0 Å². The molecule has 0 aliphatic carbocycles. The summed E-state index contributed by atoms with van der Waals surface area (Å²) in [5.74, 6) is 0.828. The van der Waals surface area contributed by atoms with Crippen molar-refractivity contribution in [2.75, 3.05) is 5.73 Å². The molecule has 0 fully saturated rings. The van der Waals surface area contributed by atoms with Gasteiger partial charge in [-0.1, -0.05) is 12.1 Å². The molecule has 15 heavy (non-hydrogen) atoms. The molecule has 2 aromatic rings. The lowest BCUT2D eigenvalue weighted by Crippen LogP contribution is -2.04. The monoisotopic (exact) mass is 203 g/mol. The van der Waals surface area contributed by atoms with Gasteiger partial charge in [-0.05, 0) is 24.1 Å². The number of benzene rings is 1. The Morgan fingerprint density at radius 3 is 2.60 bits per heavy atom. The highest BCUT2D eigenvalue weighted by molar-refractivity contribution is 5.26. The molecule has 0 bridgehead atoms. The lowest BCUT2D eigenvalue weighted by atomic mass is 10.1. The number of nitrogens with zero attached hydrogens (tertiary/aromatic N) is 2. The minimum absolute atomic E-state index is 0.292. The van der Waals surface area contributed by atoms with Crippen molar-refractivity contribution in [3.05, 3.63) is 42.2 Å². The molecule has 2 rings (SSSR count). The Kier molecular flexibility index (Phi) is 2.58. The van der Waals surface area contributed by atoms with Crippen molar-refractivity contribution < 1.29 is 5.11 Å². The first-order chi connectivity index (χ1) is 7.25. The normalized spacial score (nSPS) is 10.4. The highest BCUT2D eigenvalue weighted by atomic mass is 16.3. The van der Waals surface area contributed by atoms with Gasteiger partial charge < -0.3 is 15.4 Å². The summed E-state index contributed by atoms with van der Waals surface area (Å²) in [4.78, 5) is 3.94. The fourth-order valence-electron chi connectivity index (χ4n) is 1.44. The minimum Gasteiger partial charge on any atom is -0.508 e. The average molecular weight is 203 g/mol. The van der Waals surface area contributed by atoms with Crippen LogP contribution < -0.4 is 5.73 Å². The molecule has 0 amide bonds. The van der Waals surface area contributed by atoms with Crippen LogP contribution in [0, 0.1) is 0 Å². The molecule has 1 aromatic heterocycles. The molecule has 0 radical (unpaired) electrons. The van der Waals surface area contributed by atoms with E-state index in [1.54, 1.807) is 18.3 Å². The van der Waals surface area contributed by atoms with Gasteiger partial charge in [0.25, 0.3) is 0 Å². The van der Waals surface area contributed by atoms with Crippen molar-refractivity contribution in [1.29, 1.82) is 0 Å². The Balaban J connectivity index is 1.99. The molecular formula is C11H13N3O. The largest absolute Gasteiger partial charge is 0.508 e. The second kappa shape index (κ2) is 4.04. The maximum absolute atomic E-state index is 9.12. The Morgan fingerprint density at radius 2 is 2.00 bits per heavy atom. The van der Waals surface area contributed by atoms with Crippen molar-refractivity contribution in [2.24, 2.45) is 0 Å². The molecule has 0 saturated heterocycles. The van der Waals surface area contributed by atoms with E-state index in [-0.39, 0.29) is 0 Å². The zero-order valence-electron chi connectivity index (χ0n) is 8.30. The lowest BCUT2D eigenvalue weighted by molar-refractivity contribution is 0.475. The van der Waals surface area contributed by atoms with Crippen molar-refractivity contribution in [3.8, 4) is 5.75 Å². The summed E-state index contributed by atoms with van der Waals surface area (Å²) >= 11 is 0. The zero-order chi connectivity index (χ0) is 10.7. The molecule has 0 spiro atoms. The topological polar surface area (TPSA) is 64.1 Å². The summed E-state index contributed by atoms with van der Waals surface area (Å²) in [5.41, 5.74) is 6.81. The number of hydrogen-bond acceptors (Lipinski definition) is 3. The molecule has 78 valence electrons. The first kappa shape index (κ1) is 9.58. The second-order valence-electron chi connectivity index (χ2n) is 3.40. The third-order valence-electron chi connectivity index (χ3n) is 2.33. The van der Waals surface area contributed by atoms with E-state index in [0.29, 0.717) is 11.7 Å². The number of rotatable bonds is 3. The van der Waals surface area contributed by atoms with Crippen LogP contribution in [0.5, 0.6) is 5.75 Å². The van der Waals surface area contributed by atoms with Gasteiger partial charge >= 0.3 is 0 Å². The minimum atomic E-state index is 0.292. The van der Waals surface area contributed by atoms with Crippen LogP contribution in [0.15, 0.2) is 36.7 Å². The third-order valence-corrected chi connectivity index (χ3v) is 2.33. The smallest absolute Gasteiger partial charge is 0.200 e. The number of aryl methyl sites for hydroxylation is 2. The SMILES string of the molecule is Nc1nccn1CCc1ccc(O)cc1. The van der Waals surface area contributed by atoms with E-state index in [2.05, 4.69) is 4.98 Å². The van der Waals surface area contributed by atoms with Gasteiger partial charge in [-0.3, -0.25) is 0 Å². The number of aromatic hydroxyl groups is 1. The van der Waals surface area contributed by atoms with Gasteiger partial charge in [-0.25, -0.2) is 4.98 Å². The zero-order valence-corrected chi connectivity index (χ0v) is 8.30. The van der Waals surface area contributed by atoms with E-state index >= 15 is 0 Å². The molecule has 1 heterocycles. The molecule has 0 aliphatic rings. The van der Waals surface area contributed by atoms with Crippen LogP contribution in [-0.2, 0) is 13.0 Å². The quantitative estimate of drug-likeness (QED) is 0.792. The molecule has 4 heteroatoms. The number of hydrogen-bond donors (Lipinski definition) is 2. The molecule has 0 aliphatic heterocycles. The second-order valence-corrected chi connectivity index (χ2v) is 3.40. The molecule has 4 nitrogen and oxygen atoms in total. The van der Waals surface area contributed by atoms with Crippen LogP contribution in [0.4, 0.5) is 5.95 Å². The van der Waals surface area contributed by atoms with Crippen LogP contribution in [0.3, 0.4) is 0 Å². The summed E-state index contributed by atoms with van der Waals surface area (Å²) < 4.78 is 1.90. The highest BCUT2D eigenvalue weighted by Gasteiger charge is 1.98. The molecule has 1 aromatic carbocycles. The Labute approximate surface area is 88.0 Å². The predicted octanol–water partition coefficient (Wildman–Crippen LogP) is 1.41. The van der Waals surface area contributed by atoms with E-state index in [1.165, 1.54) is 5.56 Å². The van der Waals surface area contributed by atoms with E-state index in [1.807, 2.05) is 22.9 Å². The van der Waals surface area contributed by atoms with Gasteiger partial charge in [0.15, 0.2) is 5.95 Å². The number of nitrogens with two attached hydrogens (primary N) is 1. The maximum atomic E-state index is 9.12. The van der Waals surface area contributed by atoms with Crippen molar-refractivity contribution >= 4 is 5.95 Å². The maximum Gasteiger partial charge on any atom is 0.200 e. The third kappa shape index (κ3) is 2.28. The lowest BCUT2D eigenvalue weighted by Gasteiger charge is -2.04. The van der Waals surface area contributed by atoms with E-state index in [4.69, 9.17) is 10.8 Å². The molecule has 0 unspecified atom stereocenters. The standard InChI is InChI=1S/C11H13N3O/c12-11-13-6-8-14(11)7-5-9-1-3-10(15)4-2-9/h1-4,6,8,15H,5,7H2,(H2,12,13). The number of phenols is 1. The number of anilines is 1. The van der Waals surface area contributed by atoms with Gasteiger partial charge in [-0.2, -0.15) is 0 Å². The number of imidazole rings is 1. The first-order valence-corrected chi connectivity index (χ1v) is 4.80. The van der Waals surface area contributed by atoms with Gasteiger partial charge in [0.2, 0.25) is 0 Å². The predicted molar refractivity (Wildman–Crippen MR) is 58.5 cm³/mol. The Morgan fingerprint density at radius 1 is 1.27 bits per heavy atom. The van der Waals surface area contributed by atoms with Gasteiger partial charge in [0, 0.05) is 18.9 Å². The Bertz CT molecular complexity index is 433. The van der Waals surface area contributed by atoms with Crippen LogP contribution in [0.1, 0.15) is 5.56 Å². The van der Waals surface area contributed by atoms with Crippen LogP contribution in [0.2, 0.25) is 0 Å². The van der Waals surface area contributed by atoms with E-state index in [0.717, 1.165) is 13.0 Å². The fraction of sp³-hybridized carbons (Fsp3) is 0.182. The van der Waals surface area contributed by atoms with Crippen LogP contribution >= 0.6 is 0 Å². The summed E-state index contributed by atoms with van der Waals surface area (Å²) in [6, 6.07) is 7.18. The van der Waals surface area contributed by atoms with Gasteiger partial charge in [-0.15, -0.1) is 0 Å². The van der Waals surface area contributed by atoms with Gasteiger partial charge in [0.05, 0.1) is 0 Å². The van der Waals surface area contributed by atoms with Crippen LogP contribution in [0.25, 0.3) is 0 Å². The molecule has 0 saturated carbocycles. The number of aromatic nitrogens is 2. The van der Waals surface area contributed by atoms with Gasteiger partial charge in [0.1, 0.15) is 5.75 Å². The summed E-state index contributed by atoms with van der Waals surface area (Å²) in [6.45, 7) is 0.802. The fourth-order valence-corrected chi connectivity index (χ4v) is 1.44. The molecular weight excluding hydrogens is 190 g/mol. The summed E-state index contributed by atoms with van der Waals surface area (Å²) in [6.07, 6.45) is 4.42. The van der Waals surface area contributed by atoms with Crippen molar-refractivity contribution in [1.82, 2.24) is 9.55 Å². The van der Waals surface area contributed by atoms with E-state index < -0.39 is 0 Å². The van der Waals surface area contributed by atoms with Crippen molar-refractivity contribution in [3.63, 3.8) is 0 Å². The highest BCUT2D eigenvalue weighted by Crippen LogP contribution is 2.11. The number of phenolic OH excluding ortho intramolecular Hbond substituents is 1.